The molecule has 1 fully saturated rings. The molecule has 1 aliphatic rings. The number of ether oxygens (including phenoxy) is 1. The summed E-state index contributed by atoms with van der Waals surface area (Å²) in [5.41, 5.74) is 4.07. The Hall–Kier alpha value is -1.06. The van der Waals surface area contributed by atoms with E-state index in [0.29, 0.717) is 0 Å². The molecular formula is C17H28N2O. The topological polar surface area (TPSA) is 24.5 Å². The van der Waals surface area contributed by atoms with E-state index in [0.717, 1.165) is 32.6 Å². The Kier molecular flexibility index (Phi) is 5.06. The summed E-state index contributed by atoms with van der Waals surface area (Å²) in [5.74, 6) is 0. The van der Waals surface area contributed by atoms with Crippen molar-refractivity contribution in [3.05, 3.63) is 29.3 Å². The lowest BCUT2D eigenvalue weighted by molar-refractivity contribution is -0.00468. The Morgan fingerprint density at radius 2 is 2.20 bits per heavy atom. The second kappa shape index (κ2) is 6.59. The van der Waals surface area contributed by atoms with Crippen molar-refractivity contribution in [3.8, 4) is 0 Å². The molecule has 0 saturated carbocycles. The number of benzene rings is 1. The van der Waals surface area contributed by atoms with Crippen molar-refractivity contribution in [3.63, 3.8) is 0 Å². The van der Waals surface area contributed by atoms with Gasteiger partial charge in [0, 0.05) is 32.4 Å². The van der Waals surface area contributed by atoms with E-state index in [9.17, 15) is 0 Å². The number of aryl methyl sites for hydroxylation is 1. The Morgan fingerprint density at radius 3 is 2.90 bits per heavy atom. The van der Waals surface area contributed by atoms with E-state index < -0.39 is 0 Å². The zero-order valence-corrected chi connectivity index (χ0v) is 13.3. The highest BCUT2D eigenvalue weighted by atomic mass is 16.5. The van der Waals surface area contributed by atoms with Gasteiger partial charge in [-0.1, -0.05) is 24.6 Å². The molecule has 1 aromatic rings. The summed E-state index contributed by atoms with van der Waals surface area (Å²) in [6.45, 7) is 10.6. The van der Waals surface area contributed by atoms with Gasteiger partial charge in [-0.25, -0.2) is 0 Å². The van der Waals surface area contributed by atoms with Gasteiger partial charge in [-0.3, -0.25) is 0 Å². The Morgan fingerprint density at radius 1 is 1.40 bits per heavy atom. The van der Waals surface area contributed by atoms with Crippen LogP contribution in [0.5, 0.6) is 0 Å². The SMILES string of the molecule is CCNCc1cc(C)ccc1N1CCCC(C)(OC)C1. The lowest BCUT2D eigenvalue weighted by Crippen LogP contribution is -2.47. The second-order valence-electron chi connectivity index (χ2n) is 6.09. The molecule has 0 radical (unpaired) electrons. The third-order valence-corrected chi connectivity index (χ3v) is 4.29. The number of anilines is 1. The zero-order chi connectivity index (χ0) is 14.6. The fourth-order valence-corrected chi connectivity index (χ4v) is 3.00. The molecule has 112 valence electrons. The van der Waals surface area contributed by atoms with Crippen molar-refractivity contribution in [1.82, 2.24) is 5.32 Å². The zero-order valence-electron chi connectivity index (χ0n) is 13.3. The molecule has 1 saturated heterocycles. The first-order chi connectivity index (χ1) is 9.58. The van der Waals surface area contributed by atoms with E-state index in [2.05, 4.69) is 49.2 Å². The van der Waals surface area contributed by atoms with Crippen LogP contribution >= 0.6 is 0 Å². The van der Waals surface area contributed by atoms with Gasteiger partial charge in [-0.2, -0.15) is 0 Å². The summed E-state index contributed by atoms with van der Waals surface area (Å²) in [6, 6.07) is 6.78. The number of nitrogens with one attached hydrogen (secondary N) is 1. The number of nitrogens with zero attached hydrogens (tertiary/aromatic N) is 1. The number of hydrogen-bond acceptors (Lipinski definition) is 3. The van der Waals surface area contributed by atoms with E-state index in [4.69, 9.17) is 4.74 Å². The van der Waals surface area contributed by atoms with Crippen LogP contribution in [0.2, 0.25) is 0 Å². The highest BCUT2D eigenvalue weighted by Gasteiger charge is 2.31. The molecule has 1 unspecified atom stereocenters. The van der Waals surface area contributed by atoms with Gasteiger partial charge >= 0.3 is 0 Å². The molecule has 0 spiro atoms. The molecule has 3 heteroatoms. The quantitative estimate of drug-likeness (QED) is 0.894. The van der Waals surface area contributed by atoms with Crippen LogP contribution in [0.25, 0.3) is 0 Å². The smallest absolute Gasteiger partial charge is 0.0825 e. The van der Waals surface area contributed by atoms with Crippen LogP contribution in [-0.2, 0) is 11.3 Å². The maximum Gasteiger partial charge on any atom is 0.0825 e. The van der Waals surface area contributed by atoms with Gasteiger partial charge in [0.15, 0.2) is 0 Å². The molecular weight excluding hydrogens is 248 g/mol. The summed E-state index contributed by atoms with van der Waals surface area (Å²) in [5, 5.41) is 3.45. The summed E-state index contributed by atoms with van der Waals surface area (Å²) in [7, 11) is 1.83. The molecule has 0 bridgehead atoms. The molecule has 1 atom stereocenters. The fraction of sp³-hybridized carbons (Fsp3) is 0.647. The maximum absolute atomic E-state index is 5.72. The average Bonchev–Trinajstić information content (AvgIpc) is 2.45. The van der Waals surface area contributed by atoms with Gasteiger partial charge < -0.3 is 15.0 Å². The number of methoxy groups -OCH3 is 1. The van der Waals surface area contributed by atoms with E-state index in [1.54, 1.807) is 0 Å². The highest BCUT2D eigenvalue weighted by molar-refractivity contribution is 5.55. The van der Waals surface area contributed by atoms with Crippen molar-refractivity contribution in [2.45, 2.75) is 45.8 Å². The van der Waals surface area contributed by atoms with Crippen molar-refractivity contribution in [1.29, 1.82) is 0 Å². The molecule has 1 aliphatic heterocycles. The lowest BCUT2D eigenvalue weighted by atomic mass is 9.93. The molecule has 1 heterocycles. The summed E-state index contributed by atoms with van der Waals surface area (Å²) < 4.78 is 5.72. The predicted molar refractivity (Wildman–Crippen MR) is 85.4 cm³/mol. The average molecular weight is 276 g/mol. The van der Waals surface area contributed by atoms with E-state index in [1.165, 1.54) is 23.2 Å². The standard InChI is InChI=1S/C17H28N2O/c1-5-18-12-15-11-14(2)7-8-16(15)19-10-6-9-17(3,13-19)20-4/h7-8,11,18H,5-6,9-10,12-13H2,1-4H3. The monoisotopic (exact) mass is 276 g/mol. The van der Waals surface area contributed by atoms with Crippen molar-refractivity contribution < 1.29 is 4.74 Å². The predicted octanol–water partition coefficient (Wildman–Crippen LogP) is 3.11. The van der Waals surface area contributed by atoms with Gasteiger partial charge in [0.25, 0.3) is 0 Å². The lowest BCUT2D eigenvalue weighted by Gasteiger charge is -2.41. The molecule has 1 aromatic carbocycles. The van der Waals surface area contributed by atoms with Crippen LogP contribution in [-0.4, -0.2) is 32.3 Å². The van der Waals surface area contributed by atoms with Crippen molar-refractivity contribution >= 4 is 5.69 Å². The largest absolute Gasteiger partial charge is 0.377 e. The van der Waals surface area contributed by atoms with Gasteiger partial charge in [0.1, 0.15) is 0 Å². The first-order valence-electron chi connectivity index (χ1n) is 7.68. The van der Waals surface area contributed by atoms with Crippen molar-refractivity contribution in [2.24, 2.45) is 0 Å². The summed E-state index contributed by atoms with van der Waals surface area (Å²) in [6.07, 6.45) is 2.34. The minimum atomic E-state index is -0.0153. The van der Waals surface area contributed by atoms with Crippen molar-refractivity contribution in [2.75, 3.05) is 31.6 Å². The van der Waals surface area contributed by atoms with Gasteiger partial charge in [0.05, 0.1) is 5.60 Å². The van der Waals surface area contributed by atoms with Crippen LogP contribution in [0.3, 0.4) is 0 Å². The summed E-state index contributed by atoms with van der Waals surface area (Å²) in [4.78, 5) is 2.49. The maximum atomic E-state index is 5.72. The molecule has 3 nitrogen and oxygen atoms in total. The molecule has 0 aromatic heterocycles. The molecule has 2 rings (SSSR count). The number of hydrogen-bond donors (Lipinski definition) is 1. The Balaban J connectivity index is 2.22. The van der Waals surface area contributed by atoms with Crippen LogP contribution in [0.1, 0.15) is 37.8 Å². The molecule has 20 heavy (non-hydrogen) atoms. The van der Waals surface area contributed by atoms with Crippen LogP contribution in [0, 0.1) is 6.92 Å². The van der Waals surface area contributed by atoms with E-state index in [-0.39, 0.29) is 5.60 Å². The summed E-state index contributed by atoms with van der Waals surface area (Å²) >= 11 is 0. The van der Waals surface area contributed by atoms with Crippen LogP contribution < -0.4 is 10.2 Å². The molecule has 0 aliphatic carbocycles. The third-order valence-electron chi connectivity index (χ3n) is 4.29. The highest BCUT2D eigenvalue weighted by Crippen LogP contribution is 2.30. The van der Waals surface area contributed by atoms with Gasteiger partial charge in [0.2, 0.25) is 0 Å². The fourth-order valence-electron chi connectivity index (χ4n) is 3.00. The first-order valence-corrected chi connectivity index (χ1v) is 7.68. The molecule has 0 amide bonds. The minimum Gasteiger partial charge on any atom is -0.377 e. The molecule has 1 N–H and O–H groups in total. The van der Waals surface area contributed by atoms with E-state index in [1.807, 2.05) is 7.11 Å². The van der Waals surface area contributed by atoms with Crippen LogP contribution in [0.15, 0.2) is 18.2 Å². The third kappa shape index (κ3) is 3.53. The Bertz CT molecular complexity index is 447. The van der Waals surface area contributed by atoms with Gasteiger partial charge in [-0.05, 0) is 44.9 Å². The van der Waals surface area contributed by atoms with Crippen LogP contribution in [0.4, 0.5) is 5.69 Å². The van der Waals surface area contributed by atoms with E-state index >= 15 is 0 Å². The number of rotatable bonds is 5. The Labute approximate surface area is 123 Å². The second-order valence-corrected chi connectivity index (χ2v) is 6.09. The number of piperidine rings is 1. The van der Waals surface area contributed by atoms with Gasteiger partial charge in [-0.15, -0.1) is 0 Å². The minimum absolute atomic E-state index is 0.0153. The normalized spacial score (nSPS) is 23.1. The first kappa shape index (κ1) is 15.3.